The molecule has 3 aromatic rings. The second kappa shape index (κ2) is 6.36. The first-order valence-electron chi connectivity index (χ1n) is 6.58. The molecule has 0 atom stereocenters. The highest BCUT2D eigenvalue weighted by Gasteiger charge is 2.20. The molecule has 0 spiro atoms. The number of aryl methyl sites for hydroxylation is 1. The van der Waals surface area contributed by atoms with Crippen LogP contribution in [0, 0.1) is 6.92 Å². The fourth-order valence-corrected chi connectivity index (χ4v) is 3.71. The van der Waals surface area contributed by atoms with Gasteiger partial charge >= 0.3 is 0 Å². The Morgan fingerprint density at radius 2 is 1.91 bits per heavy atom. The molecule has 0 amide bonds. The monoisotopic (exact) mass is 392 g/mol. The van der Waals surface area contributed by atoms with Crippen molar-refractivity contribution in [1.29, 1.82) is 0 Å². The van der Waals surface area contributed by atoms with Gasteiger partial charge in [-0.15, -0.1) is 38.5 Å². The summed E-state index contributed by atoms with van der Waals surface area (Å²) in [5.41, 5.74) is 3.47. The van der Waals surface area contributed by atoms with Crippen molar-refractivity contribution in [2.24, 2.45) is 5.10 Å². The van der Waals surface area contributed by atoms with Crippen LogP contribution in [0.25, 0.3) is 10.7 Å². The van der Waals surface area contributed by atoms with E-state index in [1.54, 1.807) is 23.1 Å². The zero-order valence-corrected chi connectivity index (χ0v) is 15.1. The van der Waals surface area contributed by atoms with E-state index in [0.717, 1.165) is 32.9 Å². The Labute approximate surface area is 147 Å². The molecular formula is C15H13BrN4S2. The number of fused-ring (bicyclic) bond motifs is 1. The van der Waals surface area contributed by atoms with Crippen LogP contribution in [-0.4, -0.2) is 26.3 Å². The number of hydrogen-bond donors (Lipinski definition) is 0. The number of nitrogens with zero attached hydrogens (tertiary/aromatic N) is 4. The molecule has 1 aliphatic rings. The summed E-state index contributed by atoms with van der Waals surface area (Å²) in [5.74, 6) is 1.64. The van der Waals surface area contributed by atoms with Gasteiger partial charge < -0.3 is 0 Å². The number of thioether (sulfide) groups is 1. The maximum Gasteiger partial charge on any atom is 0.212 e. The Morgan fingerprint density at radius 3 is 2.64 bits per heavy atom. The number of halogens is 1. The van der Waals surface area contributed by atoms with Gasteiger partial charge in [-0.1, -0.05) is 47.7 Å². The Bertz CT molecular complexity index is 807. The molecule has 22 heavy (non-hydrogen) atoms. The molecule has 3 heterocycles. The van der Waals surface area contributed by atoms with Crippen LogP contribution < -0.4 is 0 Å². The molecule has 2 aromatic heterocycles. The molecule has 0 aliphatic carbocycles. The Balaban J connectivity index is 0.00000144. The van der Waals surface area contributed by atoms with Gasteiger partial charge in [-0.2, -0.15) is 9.78 Å². The molecule has 0 bridgehead atoms. The van der Waals surface area contributed by atoms with Gasteiger partial charge in [0.2, 0.25) is 5.16 Å². The van der Waals surface area contributed by atoms with Crippen LogP contribution in [0.2, 0.25) is 0 Å². The number of rotatable bonds is 2. The summed E-state index contributed by atoms with van der Waals surface area (Å²) in [6, 6.07) is 12.5. The van der Waals surface area contributed by atoms with E-state index < -0.39 is 0 Å². The molecule has 0 saturated carbocycles. The van der Waals surface area contributed by atoms with E-state index in [1.165, 1.54) is 5.56 Å². The minimum absolute atomic E-state index is 0. The molecule has 4 nitrogen and oxygen atoms in total. The summed E-state index contributed by atoms with van der Waals surface area (Å²) >= 11 is 3.33. The molecule has 1 aromatic carbocycles. The Hall–Kier alpha value is -1.44. The van der Waals surface area contributed by atoms with Crippen LogP contribution in [0.5, 0.6) is 0 Å². The summed E-state index contributed by atoms with van der Waals surface area (Å²) in [7, 11) is 0. The molecule has 4 rings (SSSR count). The number of thiophene rings is 1. The first-order chi connectivity index (χ1) is 10.3. The van der Waals surface area contributed by atoms with Gasteiger partial charge in [-0.3, -0.25) is 0 Å². The summed E-state index contributed by atoms with van der Waals surface area (Å²) < 4.78 is 1.86. The molecule has 0 fully saturated rings. The molecule has 0 saturated heterocycles. The van der Waals surface area contributed by atoms with Gasteiger partial charge in [-0.25, -0.2) is 0 Å². The predicted octanol–water partition coefficient (Wildman–Crippen LogP) is 4.25. The van der Waals surface area contributed by atoms with Crippen molar-refractivity contribution in [2.45, 2.75) is 12.1 Å². The molecule has 1 aliphatic heterocycles. The third kappa shape index (κ3) is 2.76. The predicted molar refractivity (Wildman–Crippen MR) is 97.5 cm³/mol. The molecule has 112 valence electrons. The average Bonchev–Trinajstić information content (AvgIpc) is 3.16. The lowest BCUT2D eigenvalue weighted by molar-refractivity contribution is 0.763. The lowest BCUT2D eigenvalue weighted by atomic mass is 10.1. The SMILES string of the molecule is Br.Cc1ccc(C2=Nn3c(nnc3-c3cccs3)SC2)cc1. The fourth-order valence-electron chi connectivity index (χ4n) is 2.17. The Morgan fingerprint density at radius 1 is 1.09 bits per heavy atom. The molecule has 0 unspecified atom stereocenters. The van der Waals surface area contributed by atoms with Crippen LogP contribution in [0.3, 0.4) is 0 Å². The van der Waals surface area contributed by atoms with E-state index in [0.29, 0.717) is 0 Å². The normalized spacial score (nSPS) is 13.2. The topological polar surface area (TPSA) is 43.1 Å². The standard InChI is InChI=1S/C15H12N4S2.BrH/c1-10-4-6-11(7-5-10)12-9-21-15-17-16-14(19(15)18-12)13-3-2-8-20-13;/h2-8H,9H2,1H3;1H. The zero-order valence-electron chi connectivity index (χ0n) is 11.8. The number of benzene rings is 1. The molecular weight excluding hydrogens is 380 g/mol. The van der Waals surface area contributed by atoms with Crippen LogP contribution in [0.1, 0.15) is 11.1 Å². The van der Waals surface area contributed by atoms with Gasteiger partial charge in [0.15, 0.2) is 5.82 Å². The second-order valence-corrected chi connectivity index (χ2v) is 6.69. The van der Waals surface area contributed by atoms with Crippen LogP contribution in [-0.2, 0) is 0 Å². The number of hydrogen-bond acceptors (Lipinski definition) is 5. The zero-order chi connectivity index (χ0) is 14.2. The summed E-state index contributed by atoms with van der Waals surface area (Å²) in [4.78, 5) is 1.09. The lowest BCUT2D eigenvalue weighted by Crippen LogP contribution is -2.13. The smallest absolute Gasteiger partial charge is 0.186 e. The van der Waals surface area contributed by atoms with E-state index >= 15 is 0 Å². The summed E-state index contributed by atoms with van der Waals surface area (Å²) in [6.45, 7) is 2.09. The Kier molecular flexibility index (Phi) is 4.46. The highest BCUT2D eigenvalue weighted by Crippen LogP contribution is 2.30. The largest absolute Gasteiger partial charge is 0.212 e. The number of aromatic nitrogens is 3. The third-order valence-electron chi connectivity index (χ3n) is 3.30. The van der Waals surface area contributed by atoms with Gasteiger partial charge in [0.25, 0.3) is 0 Å². The highest BCUT2D eigenvalue weighted by atomic mass is 79.9. The molecule has 0 N–H and O–H groups in total. The van der Waals surface area contributed by atoms with E-state index in [4.69, 9.17) is 5.10 Å². The fraction of sp³-hybridized carbons (Fsp3) is 0.133. The van der Waals surface area contributed by atoms with E-state index in [2.05, 4.69) is 41.4 Å². The van der Waals surface area contributed by atoms with Crippen LogP contribution in [0.4, 0.5) is 0 Å². The molecule has 7 heteroatoms. The van der Waals surface area contributed by atoms with Crippen molar-refractivity contribution in [3.05, 3.63) is 52.9 Å². The quantitative estimate of drug-likeness (QED) is 0.654. The molecule has 0 radical (unpaired) electrons. The third-order valence-corrected chi connectivity index (χ3v) is 5.09. The summed E-state index contributed by atoms with van der Waals surface area (Å²) in [6.07, 6.45) is 0. The summed E-state index contributed by atoms with van der Waals surface area (Å²) in [5, 5.41) is 16.2. The minimum Gasteiger partial charge on any atom is -0.186 e. The van der Waals surface area contributed by atoms with Crippen molar-refractivity contribution < 1.29 is 0 Å². The van der Waals surface area contributed by atoms with Gasteiger partial charge in [0.1, 0.15) is 0 Å². The van der Waals surface area contributed by atoms with Crippen LogP contribution in [0.15, 0.2) is 52.0 Å². The first-order valence-corrected chi connectivity index (χ1v) is 8.45. The highest BCUT2D eigenvalue weighted by molar-refractivity contribution is 8.93. The van der Waals surface area contributed by atoms with Gasteiger partial charge in [0, 0.05) is 5.75 Å². The lowest BCUT2D eigenvalue weighted by Gasteiger charge is -2.13. The van der Waals surface area contributed by atoms with Crippen molar-refractivity contribution >= 4 is 45.8 Å². The van der Waals surface area contributed by atoms with Gasteiger partial charge in [0.05, 0.1) is 10.6 Å². The van der Waals surface area contributed by atoms with Crippen molar-refractivity contribution in [2.75, 3.05) is 5.75 Å². The van der Waals surface area contributed by atoms with Crippen molar-refractivity contribution in [3.63, 3.8) is 0 Å². The van der Waals surface area contributed by atoms with E-state index in [1.807, 2.05) is 22.2 Å². The maximum absolute atomic E-state index is 4.76. The van der Waals surface area contributed by atoms with Crippen molar-refractivity contribution in [1.82, 2.24) is 14.9 Å². The van der Waals surface area contributed by atoms with Crippen LogP contribution >= 0.6 is 40.1 Å². The average molecular weight is 393 g/mol. The first kappa shape index (κ1) is 15.5. The second-order valence-electron chi connectivity index (χ2n) is 4.80. The van der Waals surface area contributed by atoms with E-state index in [9.17, 15) is 0 Å². The maximum atomic E-state index is 4.76. The van der Waals surface area contributed by atoms with Gasteiger partial charge in [-0.05, 0) is 23.9 Å². The minimum atomic E-state index is 0. The van der Waals surface area contributed by atoms with E-state index in [-0.39, 0.29) is 17.0 Å². The van der Waals surface area contributed by atoms with Crippen molar-refractivity contribution in [3.8, 4) is 10.7 Å².